The minimum Gasteiger partial charge on any atom is -0.397 e. The minimum absolute atomic E-state index is 0.0526. The van der Waals surface area contributed by atoms with Crippen LogP contribution in [0.4, 0.5) is 11.4 Å². The summed E-state index contributed by atoms with van der Waals surface area (Å²) in [6, 6.07) is 7.37. The number of nitrogen functional groups attached to an aromatic ring is 1. The van der Waals surface area contributed by atoms with Gasteiger partial charge in [-0.15, -0.1) is 0 Å². The topological polar surface area (TPSA) is 55.1 Å². The molecule has 1 aromatic rings. The van der Waals surface area contributed by atoms with Crippen molar-refractivity contribution in [3.63, 3.8) is 0 Å². The lowest BCUT2D eigenvalue weighted by molar-refractivity contribution is -0.115. The van der Waals surface area contributed by atoms with Gasteiger partial charge in [-0.2, -0.15) is 11.8 Å². The van der Waals surface area contributed by atoms with E-state index in [0.717, 1.165) is 11.7 Å². The molecule has 0 aliphatic heterocycles. The van der Waals surface area contributed by atoms with Crippen LogP contribution in [-0.2, 0) is 4.79 Å². The molecule has 0 bridgehead atoms. The Labute approximate surface area is 119 Å². The van der Waals surface area contributed by atoms with Gasteiger partial charge in [0.1, 0.15) is 0 Å². The fraction of sp³-hybridized carbons (Fsp3) is 0.533. The molecule has 1 aromatic carbocycles. The van der Waals surface area contributed by atoms with Gasteiger partial charge in [0.25, 0.3) is 0 Å². The summed E-state index contributed by atoms with van der Waals surface area (Å²) in [5, 5.41) is 2.86. The Morgan fingerprint density at radius 3 is 2.79 bits per heavy atom. The Balaban J connectivity index is 1.63. The number of rotatable bonds is 6. The summed E-state index contributed by atoms with van der Waals surface area (Å²) in [7, 11) is 0. The molecule has 0 unspecified atom stereocenters. The number of thioether (sulfide) groups is 1. The van der Waals surface area contributed by atoms with Gasteiger partial charge in [-0.25, -0.2) is 0 Å². The second-order valence-electron chi connectivity index (χ2n) is 5.11. The summed E-state index contributed by atoms with van der Waals surface area (Å²) < 4.78 is 0. The molecule has 3 N–H and O–H groups in total. The van der Waals surface area contributed by atoms with Gasteiger partial charge < -0.3 is 11.1 Å². The van der Waals surface area contributed by atoms with Crippen molar-refractivity contribution < 1.29 is 4.79 Å². The van der Waals surface area contributed by atoms with Crippen molar-refractivity contribution in [2.45, 2.75) is 32.1 Å². The molecule has 104 valence electrons. The number of carbonyl (C=O) groups excluding carboxylic acids is 1. The van der Waals surface area contributed by atoms with Crippen molar-refractivity contribution in [3.05, 3.63) is 24.3 Å². The van der Waals surface area contributed by atoms with Gasteiger partial charge in [0.05, 0.1) is 11.4 Å². The predicted molar refractivity (Wildman–Crippen MR) is 83.4 cm³/mol. The van der Waals surface area contributed by atoms with Gasteiger partial charge in [0.2, 0.25) is 5.91 Å². The van der Waals surface area contributed by atoms with Crippen LogP contribution in [-0.4, -0.2) is 17.4 Å². The zero-order valence-electron chi connectivity index (χ0n) is 11.2. The van der Waals surface area contributed by atoms with Gasteiger partial charge in [-0.05, 0) is 36.6 Å². The molecule has 1 aliphatic rings. The fourth-order valence-corrected chi connectivity index (χ4v) is 3.58. The maximum Gasteiger partial charge on any atom is 0.225 e. The monoisotopic (exact) mass is 278 g/mol. The minimum atomic E-state index is 0.0526. The van der Waals surface area contributed by atoms with Crippen molar-refractivity contribution in [3.8, 4) is 0 Å². The van der Waals surface area contributed by atoms with E-state index in [0.29, 0.717) is 17.8 Å². The molecule has 1 aliphatic carbocycles. The lowest BCUT2D eigenvalue weighted by atomic mass is 10.1. The maximum absolute atomic E-state index is 11.8. The first-order valence-electron chi connectivity index (χ1n) is 6.98. The third-order valence-electron chi connectivity index (χ3n) is 3.54. The van der Waals surface area contributed by atoms with Crippen LogP contribution in [0.5, 0.6) is 0 Å². The molecule has 0 radical (unpaired) electrons. The number of nitrogens with one attached hydrogen (secondary N) is 1. The average Bonchev–Trinajstić information content (AvgIpc) is 2.91. The number of hydrogen-bond acceptors (Lipinski definition) is 3. The molecule has 1 amide bonds. The summed E-state index contributed by atoms with van der Waals surface area (Å²) >= 11 is 1.90. The molecule has 1 saturated carbocycles. The lowest BCUT2D eigenvalue weighted by Gasteiger charge is -2.09. The standard InChI is InChI=1S/C15H22N2OS/c16-13-7-3-4-8-14(13)17-15(18)9-10-19-11-12-5-1-2-6-12/h3-4,7-8,12H,1-2,5-6,9-11,16H2,(H,17,18). The molecule has 3 nitrogen and oxygen atoms in total. The Morgan fingerprint density at radius 2 is 2.05 bits per heavy atom. The molecule has 4 heteroatoms. The number of amides is 1. The Kier molecular flexibility index (Phi) is 5.58. The highest BCUT2D eigenvalue weighted by Crippen LogP contribution is 2.28. The van der Waals surface area contributed by atoms with Crippen LogP contribution in [0, 0.1) is 5.92 Å². The highest BCUT2D eigenvalue weighted by Gasteiger charge is 2.14. The van der Waals surface area contributed by atoms with Crippen molar-refractivity contribution >= 4 is 29.0 Å². The normalized spacial score (nSPS) is 15.6. The lowest BCUT2D eigenvalue weighted by Crippen LogP contribution is -2.13. The van der Waals surface area contributed by atoms with E-state index in [1.165, 1.54) is 31.4 Å². The summed E-state index contributed by atoms with van der Waals surface area (Å²) in [5.41, 5.74) is 7.12. The summed E-state index contributed by atoms with van der Waals surface area (Å²) in [6.45, 7) is 0. The smallest absolute Gasteiger partial charge is 0.225 e. The number of para-hydroxylation sites is 2. The van der Waals surface area contributed by atoms with Crippen LogP contribution in [0.1, 0.15) is 32.1 Å². The molecule has 19 heavy (non-hydrogen) atoms. The highest BCUT2D eigenvalue weighted by atomic mass is 32.2. The highest BCUT2D eigenvalue weighted by molar-refractivity contribution is 7.99. The molecule has 0 spiro atoms. The summed E-state index contributed by atoms with van der Waals surface area (Å²) in [4.78, 5) is 11.8. The number of nitrogens with two attached hydrogens (primary N) is 1. The van der Waals surface area contributed by atoms with E-state index in [1.807, 2.05) is 30.0 Å². The first kappa shape index (κ1) is 14.3. The van der Waals surface area contributed by atoms with Gasteiger partial charge in [-0.1, -0.05) is 25.0 Å². The summed E-state index contributed by atoms with van der Waals surface area (Å²) in [5.74, 6) is 3.05. The first-order valence-corrected chi connectivity index (χ1v) is 8.13. The fourth-order valence-electron chi connectivity index (χ4n) is 2.42. The number of anilines is 2. The van der Waals surface area contributed by atoms with Crippen LogP contribution in [0.3, 0.4) is 0 Å². The Hall–Kier alpha value is -1.16. The molecule has 0 heterocycles. The second-order valence-corrected chi connectivity index (χ2v) is 6.26. The molecule has 0 aromatic heterocycles. The first-order chi connectivity index (χ1) is 9.25. The van der Waals surface area contributed by atoms with E-state index in [2.05, 4.69) is 5.32 Å². The molecular weight excluding hydrogens is 256 g/mol. The molecule has 0 saturated heterocycles. The van der Waals surface area contributed by atoms with Crippen molar-refractivity contribution in [1.82, 2.24) is 0 Å². The Bertz CT molecular complexity index is 416. The van der Waals surface area contributed by atoms with Crippen molar-refractivity contribution in [1.29, 1.82) is 0 Å². The molecule has 1 fully saturated rings. The SMILES string of the molecule is Nc1ccccc1NC(=O)CCSCC1CCCC1. The Morgan fingerprint density at radius 1 is 1.32 bits per heavy atom. The van der Waals surface area contributed by atoms with E-state index in [9.17, 15) is 4.79 Å². The number of carbonyl (C=O) groups is 1. The quantitative estimate of drug-likeness (QED) is 0.618. The van der Waals surface area contributed by atoms with Gasteiger partial charge >= 0.3 is 0 Å². The largest absolute Gasteiger partial charge is 0.397 e. The summed E-state index contributed by atoms with van der Waals surface area (Å²) in [6.07, 6.45) is 6.09. The van der Waals surface area contributed by atoms with E-state index in [-0.39, 0.29) is 5.91 Å². The van der Waals surface area contributed by atoms with Gasteiger partial charge in [-0.3, -0.25) is 4.79 Å². The third-order valence-corrected chi connectivity index (χ3v) is 4.74. The van der Waals surface area contributed by atoms with E-state index in [4.69, 9.17) is 5.73 Å². The van der Waals surface area contributed by atoms with Crippen molar-refractivity contribution in [2.24, 2.45) is 5.92 Å². The number of benzene rings is 1. The van der Waals surface area contributed by atoms with Gasteiger partial charge in [0.15, 0.2) is 0 Å². The van der Waals surface area contributed by atoms with E-state index >= 15 is 0 Å². The average molecular weight is 278 g/mol. The third kappa shape index (κ3) is 4.78. The predicted octanol–water partition coefficient (Wildman–Crippen LogP) is 3.52. The molecule has 0 atom stereocenters. The van der Waals surface area contributed by atoms with Crippen LogP contribution >= 0.6 is 11.8 Å². The molecular formula is C15H22N2OS. The van der Waals surface area contributed by atoms with Crippen molar-refractivity contribution in [2.75, 3.05) is 22.6 Å². The zero-order chi connectivity index (χ0) is 13.5. The van der Waals surface area contributed by atoms with Crippen LogP contribution < -0.4 is 11.1 Å². The van der Waals surface area contributed by atoms with Crippen LogP contribution in [0.15, 0.2) is 24.3 Å². The number of hydrogen-bond donors (Lipinski definition) is 2. The van der Waals surface area contributed by atoms with Crippen LogP contribution in [0.25, 0.3) is 0 Å². The van der Waals surface area contributed by atoms with E-state index in [1.54, 1.807) is 6.07 Å². The van der Waals surface area contributed by atoms with Crippen LogP contribution in [0.2, 0.25) is 0 Å². The zero-order valence-corrected chi connectivity index (χ0v) is 12.0. The van der Waals surface area contributed by atoms with Gasteiger partial charge in [0, 0.05) is 12.2 Å². The van der Waals surface area contributed by atoms with E-state index < -0.39 is 0 Å². The molecule has 2 rings (SSSR count). The second kappa shape index (κ2) is 7.43. The maximum atomic E-state index is 11.8.